The van der Waals surface area contributed by atoms with E-state index in [2.05, 4.69) is 31.2 Å². The molecule has 1 saturated heterocycles. The van der Waals surface area contributed by atoms with Crippen LogP contribution in [0.15, 0.2) is 42.6 Å². The second-order valence-electron chi connectivity index (χ2n) is 6.39. The van der Waals surface area contributed by atoms with Crippen LogP contribution in [0, 0.1) is 0 Å². The van der Waals surface area contributed by atoms with Crippen LogP contribution in [-0.4, -0.2) is 59.1 Å². The summed E-state index contributed by atoms with van der Waals surface area (Å²) < 4.78 is 0. The highest BCUT2D eigenvalue weighted by atomic mass is 16.2. The first-order valence-electron chi connectivity index (χ1n) is 8.87. The lowest BCUT2D eigenvalue weighted by Crippen LogP contribution is -2.40. The molecule has 2 amide bonds. The minimum Gasteiger partial charge on any atom is -0.355 e. The van der Waals surface area contributed by atoms with Gasteiger partial charge in [-0.25, -0.2) is 14.8 Å². The van der Waals surface area contributed by atoms with Crippen molar-refractivity contribution >= 4 is 22.9 Å². The number of hydrogen-bond donors (Lipinski definition) is 2. The van der Waals surface area contributed by atoms with Gasteiger partial charge in [0, 0.05) is 45.0 Å². The Balaban J connectivity index is 1.56. The monoisotopic (exact) mass is 350 g/mol. The molecular weight excluding hydrogens is 328 g/mol. The van der Waals surface area contributed by atoms with E-state index in [-0.39, 0.29) is 6.03 Å². The van der Waals surface area contributed by atoms with E-state index in [1.807, 2.05) is 41.4 Å². The Kier molecular flexibility index (Phi) is 4.43. The van der Waals surface area contributed by atoms with Crippen molar-refractivity contribution in [3.63, 3.8) is 0 Å². The van der Waals surface area contributed by atoms with Crippen LogP contribution >= 0.6 is 0 Å². The van der Waals surface area contributed by atoms with Gasteiger partial charge >= 0.3 is 6.03 Å². The fraction of sp³-hybridized carbons (Fsp3) is 0.316. The van der Waals surface area contributed by atoms with Crippen LogP contribution in [0.4, 0.5) is 10.6 Å². The second kappa shape index (κ2) is 7.03. The number of urea groups is 1. The minimum atomic E-state index is -0.0177. The van der Waals surface area contributed by atoms with E-state index in [1.165, 1.54) is 0 Å². The average Bonchev–Trinajstić information content (AvgIpc) is 2.97. The number of hydrogen-bond acceptors (Lipinski definition) is 4. The van der Waals surface area contributed by atoms with Gasteiger partial charge in [-0.2, -0.15) is 0 Å². The number of nitrogens with one attached hydrogen (secondary N) is 2. The van der Waals surface area contributed by atoms with Crippen LogP contribution in [0.25, 0.3) is 22.4 Å². The zero-order valence-corrected chi connectivity index (χ0v) is 14.8. The van der Waals surface area contributed by atoms with Gasteiger partial charge in [0.25, 0.3) is 0 Å². The average molecular weight is 350 g/mol. The molecule has 3 aromatic rings. The molecule has 0 unspecified atom stereocenters. The van der Waals surface area contributed by atoms with Crippen LogP contribution in [0.1, 0.15) is 6.42 Å². The number of benzene rings is 1. The van der Waals surface area contributed by atoms with Crippen molar-refractivity contribution in [1.29, 1.82) is 0 Å². The number of pyridine rings is 1. The van der Waals surface area contributed by atoms with Gasteiger partial charge < -0.3 is 20.1 Å². The largest absolute Gasteiger partial charge is 0.355 e. The molecule has 1 aromatic carbocycles. The molecule has 1 aliphatic rings. The molecule has 7 nitrogen and oxygen atoms in total. The third-order valence-electron chi connectivity index (χ3n) is 4.73. The lowest BCUT2D eigenvalue weighted by Gasteiger charge is -2.22. The number of H-pyrrole nitrogens is 1. The van der Waals surface area contributed by atoms with Gasteiger partial charge in [-0.3, -0.25) is 0 Å². The number of nitrogens with zero attached hydrogens (tertiary/aromatic N) is 4. The maximum absolute atomic E-state index is 11.9. The highest BCUT2D eigenvalue weighted by molar-refractivity contribution is 5.79. The quantitative estimate of drug-likeness (QED) is 0.744. The van der Waals surface area contributed by atoms with Crippen molar-refractivity contribution in [2.45, 2.75) is 6.42 Å². The Morgan fingerprint density at radius 3 is 2.88 bits per heavy atom. The smallest absolute Gasteiger partial charge is 0.317 e. The Morgan fingerprint density at radius 2 is 2.04 bits per heavy atom. The molecule has 4 rings (SSSR count). The van der Waals surface area contributed by atoms with Gasteiger partial charge in [-0.1, -0.05) is 12.1 Å². The summed E-state index contributed by atoms with van der Waals surface area (Å²) in [7, 11) is 1.67. The fourth-order valence-corrected chi connectivity index (χ4v) is 3.34. The van der Waals surface area contributed by atoms with Crippen molar-refractivity contribution in [2.24, 2.45) is 0 Å². The normalized spacial score (nSPS) is 15.1. The third-order valence-corrected chi connectivity index (χ3v) is 4.73. The molecule has 1 aliphatic heterocycles. The summed E-state index contributed by atoms with van der Waals surface area (Å²) in [6.07, 6.45) is 2.74. The van der Waals surface area contributed by atoms with E-state index < -0.39 is 0 Å². The first kappa shape index (κ1) is 16.4. The molecule has 0 saturated carbocycles. The molecule has 7 heteroatoms. The molecule has 0 bridgehead atoms. The maximum atomic E-state index is 11.9. The number of carbonyl (C=O) groups excluding carboxylic acids is 1. The number of rotatable bonds is 2. The number of amides is 2. The maximum Gasteiger partial charge on any atom is 0.317 e. The SMILES string of the molecule is CNC(=O)N1CCCN(c2cc(-c3nc4ccccc4[nH]3)ccn2)CC1. The Morgan fingerprint density at radius 1 is 1.15 bits per heavy atom. The van der Waals surface area contributed by atoms with Crippen molar-refractivity contribution in [2.75, 3.05) is 38.1 Å². The van der Waals surface area contributed by atoms with E-state index in [4.69, 9.17) is 0 Å². The topological polar surface area (TPSA) is 77.2 Å². The molecule has 134 valence electrons. The number of fused-ring (bicyclic) bond motifs is 1. The first-order valence-corrected chi connectivity index (χ1v) is 8.87. The molecule has 2 aromatic heterocycles. The summed E-state index contributed by atoms with van der Waals surface area (Å²) in [5, 5.41) is 2.70. The molecule has 1 fully saturated rings. The van der Waals surface area contributed by atoms with Gasteiger partial charge in [-0.15, -0.1) is 0 Å². The van der Waals surface area contributed by atoms with Crippen molar-refractivity contribution < 1.29 is 4.79 Å². The number of anilines is 1. The molecule has 0 atom stereocenters. The number of carbonyl (C=O) groups is 1. The summed E-state index contributed by atoms with van der Waals surface area (Å²) in [6.45, 7) is 3.10. The standard InChI is InChI=1S/C19H22N6O/c1-20-19(26)25-10-4-9-24(11-12-25)17-13-14(7-8-21-17)18-22-15-5-2-3-6-16(15)23-18/h2-3,5-8,13H,4,9-12H2,1H3,(H,20,26)(H,22,23). The Labute approximate surface area is 152 Å². The van der Waals surface area contributed by atoms with Crippen LogP contribution < -0.4 is 10.2 Å². The molecule has 0 radical (unpaired) electrons. The zero-order chi connectivity index (χ0) is 17.9. The van der Waals surface area contributed by atoms with Crippen molar-refractivity contribution in [3.05, 3.63) is 42.6 Å². The van der Waals surface area contributed by atoms with E-state index >= 15 is 0 Å². The van der Waals surface area contributed by atoms with E-state index in [9.17, 15) is 4.79 Å². The van der Waals surface area contributed by atoms with E-state index in [0.29, 0.717) is 6.54 Å². The van der Waals surface area contributed by atoms with Gasteiger partial charge in [0.05, 0.1) is 11.0 Å². The highest BCUT2D eigenvalue weighted by Gasteiger charge is 2.19. The lowest BCUT2D eigenvalue weighted by atomic mass is 10.2. The van der Waals surface area contributed by atoms with Gasteiger partial charge in [0.2, 0.25) is 0 Å². The summed E-state index contributed by atoms with van der Waals surface area (Å²) in [5.41, 5.74) is 2.99. The summed E-state index contributed by atoms with van der Waals surface area (Å²) in [4.78, 5) is 28.5. The van der Waals surface area contributed by atoms with Gasteiger partial charge in [0.15, 0.2) is 0 Å². The molecule has 3 heterocycles. The summed E-state index contributed by atoms with van der Waals surface area (Å²) in [5.74, 6) is 1.76. The van der Waals surface area contributed by atoms with Crippen molar-refractivity contribution in [3.8, 4) is 11.4 Å². The lowest BCUT2D eigenvalue weighted by molar-refractivity contribution is 0.204. The number of imidazole rings is 1. The molecule has 0 aliphatic carbocycles. The number of aromatic amines is 1. The number of para-hydroxylation sites is 2. The van der Waals surface area contributed by atoms with Crippen LogP contribution in [0.3, 0.4) is 0 Å². The minimum absolute atomic E-state index is 0.0177. The zero-order valence-electron chi connectivity index (χ0n) is 14.8. The summed E-state index contributed by atoms with van der Waals surface area (Å²) in [6, 6.07) is 12.0. The van der Waals surface area contributed by atoms with Gasteiger partial charge in [-0.05, 0) is 30.7 Å². The highest BCUT2D eigenvalue weighted by Crippen LogP contribution is 2.24. The van der Waals surface area contributed by atoms with E-state index in [1.54, 1.807) is 7.05 Å². The summed E-state index contributed by atoms with van der Waals surface area (Å²) >= 11 is 0. The van der Waals surface area contributed by atoms with Crippen LogP contribution in [0.5, 0.6) is 0 Å². The second-order valence-corrected chi connectivity index (χ2v) is 6.39. The molecule has 26 heavy (non-hydrogen) atoms. The fourth-order valence-electron chi connectivity index (χ4n) is 3.34. The predicted molar refractivity (Wildman–Crippen MR) is 102 cm³/mol. The van der Waals surface area contributed by atoms with Crippen LogP contribution in [-0.2, 0) is 0 Å². The number of aromatic nitrogens is 3. The molecule has 2 N–H and O–H groups in total. The van der Waals surface area contributed by atoms with Crippen molar-refractivity contribution in [1.82, 2.24) is 25.2 Å². The van der Waals surface area contributed by atoms with E-state index in [0.717, 1.165) is 54.3 Å². The predicted octanol–water partition coefficient (Wildman–Crippen LogP) is 2.48. The van der Waals surface area contributed by atoms with Gasteiger partial charge in [0.1, 0.15) is 11.6 Å². The molecule has 0 spiro atoms. The Bertz CT molecular complexity index is 888. The third kappa shape index (κ3) is 3.20. The first-order chi connectivity index (χ1) is 12.7. The Hall–Kier alpha value is -3.09. The molecular formula is C19H22N6O. The van der Waals surface area contributed by atoms with Crippen LogP contribution in [0.2, 0.25) is 0 Å².